The number of hydrogen-bond donors (Lipinski definition) is 1. The van der Waals surface area contributed by atoms with Crippen LogP contribution in [0.25, 0.3) is 0 Å². The highest BCUT2D eigenvalue weighted by atomic mass is 16.4. The maximum atomic E-state index is 12.7. The largest absolute Gasteiger partial charge is 0.481 e. The molecule has 5 nitrogen and oxygen atoms in total. The number of carboxylic acid groups (broad SMARTS) is 1. The Morgan fingerprint density at radius 2 is 2.00 bits per heavy atom. The quantitative estimate of drug-likeness (QED) is 0.786. The number of aliphatic carboxylic acids is 1. The van der Waals surface area contributed by atoms with Crippen LogP contribution in [-0.2, 0) is 4.79 Å². The van der Waals surface area contributed by atoms with Gasteiger partial charge in [0.2, 0.25) is 0 Å². The highest BCUT2D eigenvalue weighted by Gasteiger charge is 2.46. The summed E-state index contributed by atoms with van der Waals surface area (Å²) in [4.78, 5) is 28.0. The van der Waals surface area contributed by atoms with Gasteiger partial charge in [-0.1, -0.05) is 20.3 Å². The van der Waals surface area contributed by atoms with E-state index < -0.39 is 11.4 Å². The van der Waals surface area contributed by atoms with Crippen molar-refractivity contribution in [3.63, 3.8) is 0 Å². The second kappa shape index (κ2) is 6.67. The van der Waals surface area contributed by atoms with Gasteiger partial charge in [0.15, 0.2) is 0 Å². The van der Waals surface area contributed by atoms with Crippen LogP contribution < -0.4 is 0 Å². The molecule has 1 N–H and O–H groups in total. The summed E-state index contributed by atoms with van der Waals surface area (Å²) in [5, 5.41) is 9.54. The van der Waals surface area contributed by atoms with E-state index in [1.54, 1.807) is 4.90 Å². The van der Waals surface area contributed by atoms with Crippen molar-refractivity contribution < 1.29 is 14.7 Å². The average Bonchev–Trinajstić information content (AvgIpc) is 3.15. The summed E-state index contributed by atoms with van der Waals surface area (Å²) < 4.78 is 0. The van der Waals surface area contributed by atoms with Crippen LogP contribution in [0.2, 0.25) is 0 Å². The number of rotatable bonds is 7. The molecular weight excluding hydrogens is 268 g/mol. The summed E-state index contributed by atoms with van der Waals surface area (Å²) in [6, 6.07) is 0.0444. The van der Waals surface area contributed by atoms with Crippen LogP contribution in [0.5, 0.6) is 0 Å². The maximum Gasteiger partial charge on any atom is 0.320 e. The van der Waals surface area contributed by atoms with E-state index in [1.807, 2.05) is 11.8 Å². The van der Waals surface area contributed by atoms with Crippen molar-refractivity contribution in [2.24, 2.45) is 11.3 Å². The number of carbonyl (C=O) groups is 2. The fraction of sp³-hybridized carbons (Fsp3) is 0.875. The number of carboxylic acids is 1. The molecule has 2 aliphatic rings. The van der Waals surface area contributed by atoms with Crippen LogP contribution in [0.15, 0.2) is 0 Å². The van der Waals surface area contributed by atoms with E-state index in [-0.39, 0.29) is 6.03 Å². The molecule has 0 aromatic rings. The molecule has 1 saturated heterocycles. The van der Waals surface area contributed by atoms with Crippen molar-refractivity contribution in [1.29, 1.82) is 0 Å². The van der Waals surface area contributed by atoms with Crippen LogP contribution in [0.1, 0.15) is 52.4 Å². The van der Waals surface area contributed by atoms with Gasteiger partial charge < -0.3 is 14.9 Å². The normalized spacial score (nSPS) is 25.1. The molecule has 0 bridgehead atoms. The molecule has 0 radical (unpaired) electrons. The van der Waals surface area contributed by atoms with Gasteiger partial charge in [-0.05, 0) is 38.0 Å². The number of carbonyl (C=O) groups excluding carboxylic acids is 1. The van der Waals surface area contributed by atoms with Crippen molar-refractivity contribution in [2.75, 3.05) is 26.2 Å². The van der Waals surface area contributed by atoms with Gasteiger partial charge in [0, 0.05) is 26.2 Å². The molecule has 1 unspecified atom stereocenters. The SMILES string of the molecule is CCCN(CC1CC1)C(=O)N1CCC(CCC)(C(=O)O)C1. The first-order chi connectivity index (χ1) is 10.0. The Kier molecular flexibility index (Phi) is 5.12. The van der Waals surface area contributed by atoms with Crippen LogP contribution in [0.3, 0.4) is 0 Å². The molecule has 21 heavy (non-hydrogen) atoms. The first-order valence-corrected chi connectivity index (χ1v) is 8.29. The second-order valence-corrected chi connectivity index (χ2v) is 6.68. The van der Waals surface area contributed by atoms with Crippen LogP contribution in [0.4, 0.5) is 4.79 Å². The van der Waals surface area contributed by atoms with Gasteiger partial charge in [0.1, 0.15) is 0 Å². The summed E-state index contributed by atoms with van der Waals surface area (Å²) in [7, 11) is 0. The zero-order chi connectivity index (χ0) is 15.5. The minimum Gasteiger partial charge on any atom is -0.481 e. The molecular formula is C16H28N2O3. The lowest BCUT2D eigenvalue weighted by atomic mass is 9.83. The van der Waals surface area contributed by atoms with Crippen LogP contribution in [-0.4, -0.2) is 53.1 Å². The number of nitrogens with zero attached hydrogens (tertiary/aromatic N) is 2. The van der Waals surface area contributed by atoms with Crippen molar-refractivity contribution in [2.45, 2.75) is 52.4 Å². The molecule has 1 aliphatic heterocycles. The Bertz CT molecular complexity index is 395. The van der Waals surface area contributed by atoms with Gasteiger partial charge in [-0.15, -0.1) is 0 Å². The third-order valence-corrected chi connectivity index (χ3v) is 4.75. The molecule has 1 atom stereocenters. The molecule has 2 rings (SSSR count). The fourth-order valence-electron chi connectivity index (χ4n) is 3.35. The topological polar surface area (TPSA) is 60.9 Å². The lowest BCUT2D eigenvalue weighted by Crippen LogP contribution is -2.45. The molecule has 0 aromatic carbocycles. The zero-order valence-electron chi connectivity index (χ0n) is 13.3. The Labute approximate surface area is 127 Å². The molecule has 2 amide bonds. The maximum absolute atomic E-state index is 12.7. The van der Waals surface area contributed by atoms with E-state index in [4.69, 9.17) is 0 Å². The van der Waals surface area contributed by atoms with E-state index in [0.29, 0.717) is 31.8 Å². The minimum atomic E-state index is -0.746. The zero-order valence-corrected chi connectivity index (χ0v) is 13.3. The standard InChI is InChI=1S/C16H28N2O3/c1-3-7-16(14(19)20)8-10-18(12-16)15(21)17(9-4-2)11-13-5-6-13/h13H,3-12H2,1-2H3,(H,19,20). The van der Waals surface area contributed by atoms with Gasteiger partial charge in [-0.2, -0.15) is 0 Å². The van der Waals surface area contributed by atoms with E-state index in [2.05, 4.69) is 6.92 Å². The lowest BCUT2D eigenvalue weighted by molar-refractivity contribution is -0.148. The van der Waals surface area contributed by atoms with Gasteiger partial charge in [0.05, 0.1) is 5.41 Å². The predicted molar refractivity (Wildman–Crippen MR) is 81.2 cm³/mol. The van der Waals surface area contributed by atoms with Crippen molar-refractivity contribution in [3.05, 3.63) is 0 Å². The summed E-state index contributed by atoms with van der Waals surface area (Å²) in [6.07, 6.45) is 5.49. The van der Waals surface area contributed by atoms with E-state index >= 15 is 0 Å². The highest BCUT2D eigenvalue weighted by Crippen LogP contribution is 2.36. The Morgan fingerprint density at radius 1 is 1.29 bits per heavy atom. The smallest absolute Gasteiger partial charge is 0.320 e. The average molecular weight is 296 g/mol. The molecule has 0 spiro atoms. The molecule has 1 saturated carbocycles. The van der Waals surface area contributed by atoms with Gasteiger partial charge >= 0.3 is 12.0 Å². The molecule has 1 heterocycles. The third-order valence-electron chi connectivity index (χ3n) is 4.75. The highest BCUT2D eigenvalue weighted by molar-refractivity contribution is 5.79. The van der Waals surface area contributed by atoms with E-state index in [1.165, 1.54) is 12.8 Å². The first-order valence-electron chi connectivity index (χ1n) is 8.29. The van der Waals surface area contributed by atoms with Gasteiger partial charge in [0.25, 0.3) is 0 Å². The number of amides is 2. The van der Waals surface area contributed by atoms with Gasteiger partial charge in [-0.3, -0.25) is 4.79 Å². The van der Waals surface area contributed by atoms with E-state index in [9.17, 15) is 14.7 Å². The molecule has 5 heteroatoms. The first kappa shape index (κ1) is 16.1. The second-order valence-electron chi connectivity index (χ2n) is 6.68. The monoisotopic (exact) mass is 296 g/mol. The van der Waals surface area contributed by atoms with Crippen LogP contribution >= 0.6 is 0 Å². The molecule has 120 valence electrons. The molecule has 2 fully saturated rings. The number of likely N-dealkylation sites (tertiary alicyclic amines) is 1. The Balaban J connectivity index is 2.00. The number of hydrogen-bond acceptors (Lipinski definition) is 2. The summed E-state index contributed by atoms with van der Waals surface area (Å²) in [6.45, 7) is 6.66. The Morgan fingerprint density at radius 3 is 2.52 bits per heavy atom. The van der Waals surface area contributed by atoms with E-state index in [0.717, 1.165) is 25.9 Å². The summed E-state index contributed by atoms with van der Waals surface area (Å²) in [5.74, 6) is -0.0770. The third kappa shape index (κ3) is 3.69. The molecule has 0 aromatic heterocycles. The molecule has 1 aliphatic carbocycles. The number of urea groups is 1. The Hall–Kier alpha value is -1.26. The van der Waals surface area contributed by atoms with Crippen molar-refractivity contribution in [1.82, 2.24) is 9.80 Å². The summed E-state index contributed by atoms with van der Waals surface area (Å²) >= 11 is 0. The van der Waals surface area contributed by atoms with Gasteiger partial charge in [-0.25, -0.2) is 4.79 Å². The minimum absolute atomic E-state index is 0.0444. The lowest BCUT2D eigenvalue weighted by Gasteiger charge is -2.29. The summed E-state index contributed by atoms with van der Waals surface area (Å²) in [5.41, 5.74) is -0.720. The van der Waals surface area contributed by atoms with Crippen LogP contribution in [0, 0.1) is 11.3 Å². The van der Waals surface area contributed by atoms with Crippen molar-refractivity contribution >= 4 is 12.0 Å². The fourth-order valence-corrected chi connectivity index (χ4v) is 3.35. The predicted octanol–water partition coefficient (Wildman–Crippen LogP) is 2.81. The van der Waals surface area contributed by atoms with Crippen molar-refractivity contribution in [3.8, 4) is 0 Å².